The fourth-order valence-electron chi connectivity index (χ4n) is 1.41. The average molecular weight is 436 g/mol. The number of anilines is 1. The van der Waals surface area contributed by atoms with Crippen molar-refractivity contribution in [3.63, 3.8) is 0 Å². The van der Waals surface area contributed by atoms with E-state index in [-0.39, 0.29) is 30.5 Å². The van der Waals surface area contributed by atoms with Crippen LogP contribution in [0.5, 0.6) is 0 Å². The first-order chi connectivity index (χ1) is 10.5. The molecule has 0 aromatic heterocycles. The highest BCUT2D eigenvalue weighted by Crippen LogP contribution is 2.10. The Morgan fingerprint density at radius 3 is 2.50 bits per heavy atom. The number of ether oxygens (including phenoxy) is 2. The van der Waals surface area contributed by atoms with E-state index in [0.29, 0.717) is 6.61 Å². The zero-order chi connectivity index (χ0) is 16.4. The lowest BCUT2D eigenvalue weighted by Gasteiger charge is -2.09. The number of methoxy groups -OCH3 is 1. The second-order valence-electron chi connectivity index (χ2n) is 4.22. The Bertz CT molecular complexity index is 522. The molecule has 0 aliphatic rings. The van der Waals surface area contributed by atoms with Gasteiger partial charge in [-0.1, -0.05) is 0 Å². The molecule has 1 aromatic carbocycles. The molecule has 0 heterocycles. The topological polar surface area (TPSA) is 76.7 Å². The molecule has 22 heavy (non-hydrogen) atoms. The maximum absolute atomic E-state index is 11.7. The van der Waals surface area contributed by atoms with Gasteiger partial charge in [-0.05, 0) is 59.1 Å². The van der Waals surface area contributed by atoms with Gasteiger partial charge in [0.15, 0.2) is 5.11 Å². The first kappa shape index (κ1) is 18.8. The molecule has 0 aliphatic carbocycles. The van der Waals surface area contributed by atoms with Gasteiger partial charge >= 0.3 is 5.97 Å². The highest BCUT2D eigenvalue weighted by molar-refractivity contribution is 14.1. The summed E-state index contributed by atoms with van der Waals surface area (Å²) < 4.78 is 10.7. The van der Waals surface area contributed by atoms with Crippen molar-refractivity contribution in [2.45, 2.75) is 12.8 Å². The van der Waals surface area contributed by atoms with Gasteiger partial charge in [0.1, 0.15) is 6.61 Å². The minimum Gasteiger partial charge on any atom is -0.463 e. The zero-order valence-corrected chi connectivity index (χ0v) is 15.0. The summed E-state index contributed by atoms with van der Waals surface area (Å²) in [5.41, 5.74) is 0.782. The first-order valence-corrected chi connectivity index (χ1v) is 8.01. The Balaban J connectivity index is 2.25. The standard InChI is InChI=1S/C14H17IN2O4S/c1-20-8-9-21-13(19)7-6-12(18)17-14(22)16-11-4-2-10(15)3-5-11/h2-5H,6-9H2,1H3,(H2,16,17,18,22). The van der Waals surface area contributed by atoms with Crippen LogP contribution in [0.1, 0.15) is 12.8 Å². The van der Waals surface area contributed by atoms with Crippen molar-refractivity contribution < 1.29 is 19.1 Å². The number of hydrogen-bond acceptors (Lipinski definition) is 5. The van der Waals surface area contributed by atoms with E-state index in [1.54, 1.807) is 0 Å². The predicted molar refractivity (Wildman–Crippen MR) is 95.6 cm³/mol. The molecule has 0 aliphatic heterocycles. The lowest BCUT2D eigenvalue weighted by molar-refractivity contribution is -0.146. The summed E-state index contributed by atoms with van der Waals surface area (Å²) in [4.78, 5) is 23.0. The third-order valence-electron chi connectivity index (χ3n) is 2.46. The molecule has 1 amide bonds. The Morgan fingerprint density at radius 2 is 1.86 bits per heavy atom. The summed E-state index contributed by atoms with van der Waals surface area (Å²) in [6.07, 6.45) is 0.0159. The van der Waals surface area contributed by atoms with E-state index in [9.17, 15) is 9.59 Å². The van der Waals surface area contributed by atoms with Crippen LogP contribution in [0.25, 0.3) is 0 Å². The largest absolute Gasteiger partial charge is 0.463 e. The van der Waals surface area contributed by atoms with Crippen LogP contribution in [-0.2, 0) is 19.1 Å². The van der Waals surface area contributed by atoms with Crippen molar-refractivity contribution in [2.75, 3.05) is 25.6 Å². The lowest BCUT2D eigenvalue weighted by atomic mass is 10.3. The van der Waals surface area contributed by atoms with Crippen LogP contribution in [0.15, 0.2) is 24.3 Å². The van der Waals surface area contributed by atoms with E-state index < -0.39 is 5.97 Å². The highest BCUT2D eigenvalue weighted by Gasteiger charge is 2.09. The van der Waals surface area contributed by atoms with Crippen LogP contribution in [-0.4, -0.2) is 37.3 Å². The number of benzene rings is 1. The van der Waals surface area contributed by atoms with Crippen LogP contribution < -0.4 is 10.6 Å². The summed E-state index contributed by atoms with van der Waals surface area (Å²) >= 11 is 7.23. The fourth-order valence-corrected chi connectivity index (χ4v) is 2.00. The lowest BCUT2D eigenvalue weighted by Crippen LogP contribution is -2.34. The molecular weight excluding hydrogens is 419 g/mol. The Labute approximate surface area is 148 Å². The number of esters is 1. The second-order valence-corrected chi connectivity index (χ2v) is 5.88. The predicted octanol–water partition coefficient (Wildman–Crippen LogP) is 2.07. The SMILES string of the molecule is COCCOC(=O)CCC(=O)NC(=S)Nc1ccc(I)cc1. The molecule has 0 spiro atoms. The second kappa shape index (κ2) is 10.5. The number of carbonyl (C=O) groups is 2. The Hall–Kier alpha value is -1.26. The molecule has 0 unspecified atom stereocenters. The van der Waals surface area contributed by atoms with E-state index in [0.717, 1.165) is 9.26 Å². The van der Waals surface area contributed by atoms with Gasteiger partial charge in [-0.25, -0.2) is 0 Å². The molecule has 2 N–H and O–H groups in total. The molecule has 0 saturated heterocycles. The number of halogens is 1. The summed E-state index contributed by atoms with van der Waals surface area (Å²) in [5, 5.41) is 5.60. The van der Waals surface area contributed by atoms with E-state index >= 15 is 0 Å². The van der Waals surface area contributed by atoms with Crippen molar-refractivity contribution in [1.82, 2.24) is 5.32 Å². The van der Waals surface area contributed by atoms with Gasteiger partial charge in [0.2, 0.25) is 5.91 Å². The van der Waals surface area contributed by atoms with Gasteiger partial charge in [0, 0.05) is 22.8 Å². The Morgan fingerprint density at radius 1 is 1.18 bits per heavy atom. The summed E-state index contributed by atoms with van der Waals surface area (Å²) in [6.45, 7) is 0.520. The molecule has 120 valence electrons. The maximum Gasteiger partial charge on any atom is 0.306 e. The van der Waals surface area contributed by atoms with Crippen LogP contribution in [0, 0.1) is 3.57 Å². The molecule has 0 fully saturated rings. The molecular formula is C14H17IN2O4S. The highest BCUT2D eigenvalue weighted by atomic mass is 127. The third kappa shape index (κ3) is 8.25. The normalized spacial score (nSPS) is 9.91. The van der Waals surface area contributed by atoms with Crippen LogP contribution >= 0.6 is 34.8 Å². The maximum atomic E-state index is 11.7. The number of nitrogens with one attached hydrogen (secondary N) is 2. The van der Waals surface area contributed by atoms with Crippen molar-refractivity contribution in [2.24, 2.45) is 0 Å². The number of carbonyl (C=O) groups excluding carboxylic acids is 2. The first-order valence-electron chi connectivity index (χ1n) is 6.52. The fraction of sp³-hybridized carbons (Fsp3) is 0.357. The van der Waals surface area contributed by atoms with E-state index in [2.05, 4.69) is 33.2 Å². The van der Waals surface area contributed by atoms with E-state index in [1.165, 1.54) is 7.11 Å². The smallest absolute Gasteiger partial charge is 0.306 e. The van der Waals surface area contributed by atoms with Gasteiger partial charge < -0.3 is 20.1 Å². The van der Waals surface area contributed by atoms with Crippen LogP contribution in [0.4, 0.5) is 5.69 Å². The van der Waals surface area contributed by atoms with Gasteiger partial charge in [-0.3, -0.25) is 9.59 Å². The Kier molecular flexibility index (Phi) is 8.94. The third-order valence-corrected chi connectivity index (χ3v) is 3.39. The monoisotopic (exact) mass is 436 g/mol. The van der Waals surface area contributed by atoms with Crippen molar-refractivity contribution in [1.29, 1.82) is 0 Å². The van der Waals surface area contributed by atoms with Gasteiger partial charge in [0.05, 0.1) is 13.0 Å². The summed E-state index contributed by atoms with van der Waals surface area (Å²) in [5.74, 6) is -0.782. The van der Waals surface area contributed by atoms with Gasteiger partial charge in [-0.15, -0.1) is 0 Å². The van der Waals surface area contributed by atoms with Crippen LogP contribution in [0.3, 0.4) is 0 Å². The molecule has 8 heteroatoms. The molecule has 6 nitrogen and oxygen atoms in total. The zero-order valence-electron chi connectivity index (χ0n) is 12.1. The van der Waals surface area contributed by atoms with Gasteiger partial charge in [-0.2, -0.15) is 0 Å². The summed E-state index contributed by atoms with van der Waals surface area (Å²) in [7, 11) is 1.52. The molecule has 0 saturated carbocycles. The number of thiocarbonyl (C=S) groups is 1. The van der Waals surface area contributed by atoms with Gasteiger partial charge in [0.25, 0.3) is 0 Å². The van der Waals surface area contributed by atoms with Crippen LogP contribution in [0.2, 0.25) is 0 Å². The minimum atomic E-state index is -0.441. The number of amides is 1. The molecule has 1 rings (SSSR count). The van der Waals surface area contributed by atoms with Crippen molar-refractivity contribution in [3.8, 4) is 0 Å². The summed E-state index contributed by atoms with van der Waals surface area (Å²) in [6, 6.07) is 7.55. The molecule has 0 radical (unpaired) electrons. The molecule has 0 atom stereocenters. The quantitative estimate of drug-likeness (QED) is 0.295. The number of rotatable bonds is 7. The van der Waals surface area contributed by atoms with Crippen molar-refractivity contribution >= 4 is 57.5 Å². The van der Waals surface area contributed by atoms with E-state index in [4.69, 9.17) is 21.7 Å². The molecule has 1 aromatic rings. The molecule has 0 bridgehead atoms. The van der Waals surface area contributed by atoms with Crippen molar-refractivity contribution in [3.05, 3.63) is 27.8 Å². The number of hydrogen-bond donors (Lipinski definition) is 2. The van der Waals surface area contributed by atoms with E-state index in [1.807, 2.05) is 24.3 Å². The average Bonchev–Trinajstić information content (AvgIpc) is 2.48. The minimum absolute atomic E-state index is 0.00168.